The molecule has 0 aliphatic heterocycles. The average Bonchev–Trinajstić information content (AvgIpc) is 2.81. The second-order valence-corrected chi connectivity index (χ2v) is 6.85. The number of phenolic OH excluding ortho intramolecular Hbond substituents is 1. The Bertz CT molecular complexity index is 1100. The van der Waals surface area contributed by atoms with E-state index < -0.39 is 23.9 Å². The standard InChI is InChI=1S/C25H26O8/c1-3-33-25(31)14-19(21(28)9-5-16-4-8-20(27)18(12-16)15-26)22(29)10-6-17-7-11-23(30)24(13-17)32-2/h4-13,26-28,30H,3,14-15H2,1-2H3/b9-5+,10-6+,21-19-. The lowest BCUT2D eigenvalue weighted by atomic mass is 10.0. The summed E-state index contributed by atoms with van der Waals surface area (Å²) in [5.41, 5.74) is 1.24. The number of aliphatic hydroxyl groups excluding tert-OH is 2. The molecule has 174 valence electrons. The number of benzene rings is 2. The Balaban J connectivity index is 2.34. The van der Waals surface area contributed by atoms with E-state index in [1.165, 1.54) is 55.7 Å². The summed E-state index contributed by atoms with van der Waals surface area (Å²) in [7, 11) is 1.40. The molecule has 0 aliphatic rings. The molecule has 33 heavy (non-hydrogen) atoms. The van der Waals surface area contributed by atoms with Gasteiger partial charge in [0.1, 0.15) is 11.5 Å². The normalized spacial score (nSPS) is 12.1. The van der Waals surface area contributed by atoms with Crippen LogP contribution in [0.25, 0.3) is 12.2 Å². The van der Waals surface area contributed by atoms with Crippen LogP contribution in [0.4, 0.5) is 0 Å². The van der Waals surface area contributed by atoms with Crippen LogP contribution in [0, 0.1) is 0 Å². The zero-order chi connectivity index (χ0) is 24.4. The third-order valence-corrected chi connectivity index (χ3v) is 4.57. The Kier molecular flexibility index (Phi) is 9.26. The van der Waals surface area contributed by atoms with E-state index in [0.29, 0.717) is 16.7 Å². The first kappa shape index (κ1) is 25.2. The topological polar surface area (TPSA) is 134 Å². The molecule has 2 rings (SSSR count). The van der Waals surface area contributed by atoms with Crippen molar-refractivity contribution in [2.75, 3.05) is 13.7 Å². The zero-order valence-electron chi connectivity index (χ0n) is 18.3. The molecule has 0 bridgehead atoms. The van der Waals surface area contributed by atoms with Crippen LogP contribution in [-0.4, -0.2) is 45.9 Å². The molecular formula is C25H26O8. The number of carbonyl (C=O) groups excluding carboxylic acids is 2. The van der Waals surface area contributed by atoms with Crippen molar-refractivity contribution in [1.29, 1.82) is 0 Å². The van der Waals surface area contributed by atoms with Gasteiger partial charge in [-0.05, 0) is 54.5 Å². The van der Waals surface area contributed by atoms with E-state index in [1.807, 2.05) is 0 Å². The first-order valence-electron chi connectivity index (χ1n) is 10.1. The number of rotatable bonds is 10. The predicted molar refractivity (Wildman–Crippen MR) is 123 cm³/mol. The van der Waals surface area contributed by atoms with E-state index in [1.54, 1.807) is 19.1 Å². The minimum Gasteiger partial charge on any atom is -0.508 e. The fourth-order valence-electron chi connectivity index (χ4n) is 2.84. The summed E-state index contributed by atoms with van der Waals surface area (Å²) in [6.07, 6.45) is 4.93. The number of methoxy groups -OCH3 is 1. The van der Waals surface area contributed by atoms with Crippen molar-refractivity contribution in [1.82, 2.24) is 0 Å². The Morgan fingerprint density at radius 3 is 2.24 bits per heavy atom. The van der Waals surface area contributed by atoms with Crippen molar-refractivity contribution in [3.05, 3.63) is 76.6 Å². The quantitative estimate of drug-likeness (QED) is 0.185. The van der Waals surface area contributed by atoms with Crippen molar-refractivity contribution in [2.24, 2.45) is 0 Å². The van der Waals surface area contributed by atoms with E-state index in [9.17, 15) is 30.0 Å². The molecule has 0 saturated carbocycles. The molecule has 8 heteroatoms. The molecule has 0 radical (unpaired) electrons. The zero-order valence-corrected chi connectivity index (χ0v) is 18.3. The van der Waals surface area contributed by atoms with Crippen LogP contribution in [0.1, 0.15) is 30.0 Å². The number of hydrogen-bond acceptors (Lipinski definition) is 8. The lowest BCUT2D eigenvalue weighted by molar-refractivity contribution is -0.142. The van der Waals surface area contributed by atoms with Gasteiger partial charge in [-0.25, -0.2) is 0 Å². The molecule has 2 aromatic rings. The van der Waals surface area contributed by atoms with Gasteiger partial charge in [0.25, 0.3) is 0 Å². The lowest BCUT2D eigenvalue weighted by Gasteiger charge is -2.07. The van der Waals surface area contributed by atoms with Gasteiger partial charge in [-0.2, -0.15) is 0 Å². The molecule has 0 atom stereocenters. The minimum absolute atomic E-state index is 0.0507. The summed E-state index contributed by atoms with van der Waals surface area (Å²) in [5.74, 6) is -1.60. The molecule has 0 aromatic heterocycles. The van der Waals surface area contributed by atoms with Crippen molar-refractivity contribution in [3.63, 3.8) is 0 Å². The van der Waals surface area contributed by atoms with Crippen LogP contribution < -0.4 is 4.74 Å². The number of ketones is 1. The van der Waals surface area contributed by atoms with E-state index in [0.717, 1.165) is 0 Å². The molecule has 0 amide bonds. The van der Waals surface area contributed by atoms with Crippen LogP contribution in [0.2, 0.25) is 0 Å². The first-order chi connectivity index (χ1) is 15.8. The first-order valence-corrected chi connectivity index (χ1v) is 10.1. The van der Waals surface area contributed by atoms with Crippen LogP contribution >= 0.6 is 0 Å². The van der Waals surface area contributed by atoms with E-state index in [4.69, 9.17) is 9.47 Å². The predicted octanol–water partition coefficient (Wildman–Crippen LogP) is 3.66. The average molecular weight is 454 g/mol. The summed E-state index contributed by atoms with van der Waals surface area (Å²) in [6, 6.07) is 8.98. The number of aromatic hydroxyl groups is 2. The van der Waals surface area contributed by atoms with Gasteiger partial charge in [-0.15, -0.1) is 0 Å². The van der Waals surface area contributed by atoms with Gasteiger partial charge in [-0.3, -0.25) is 9.59 Å². The molecule has 0 saturated heterocycles. The molecule has 0 aliphatic carbocycles. The molecular weight excluding hydrogens is 428 g/mol. The molecule has 8 nitrogen and oxygen atoms in total. The van der Waals surface area contributed by atoms with Crippen LogP contribution in [0.3, 0.4) is 0 Å². The monoisotopic (exact) mass is 454 g/mol. The second-order valence-electron chi connectivity index (χ2n) is 6.85. The van der Waals surface area contributed by atoms with E-state index in [-0.39, 0.29) is 36.0 Å². The van der Waals surface area contributed by atoms with Gasteiger partial charge in [0.15, 0.2) is 17.3 Å². The van der Waals surface area contributed by atoms with Gasteiger partial charge in [-0.1, -0.05) is 24.3 Å². The lowest BCUT2D eigenvalue weighted by Crippen LogP contribution is -2.11. The molecule has 0 fully saturated rings. The van der Waals surface area contributed by atoms with Crippen molar-refractivity contribution in [2.45, 2.75) is 20.0 Å². The third kappa shape index (κ3) is 7.26. The summed E-state index contributed by atoms with van der Waals surface area (Å²) < 4.78 is 9.94. The van der Waals surface area contributed by atoms with E-state index in [2.05, 4.69) is 0 Å². The van der Waals surface area contributed by atoms with Crippen LogP contribution in [0.5, 0.6) is 17.2 Å². The van der Waals surface area contributed by atoms with Gasteiger partial charge in [0.2, 0.25) is 0 Å². The maximum atomic E-state index is 12.8. The Morgan fingerprint density at radius 1 is 0.970 bits per heavy atom. The number of esters is 1. The van der Waals surface area contributed by atoms with Crippen LogP contribution in [0.15, 0.2) is 59.9 Å². The minimum atomic E-state index is -0.673. The SMILES string of the molecule is CCOC(=O)C/C(C(=O)/C=C/c1ccc(O)c(OC)c1)=C(O)\C=C\c1ccc(O)c(CO)c1. The summed E-state index contributed by atoms with van der Waals surface area (Å²) in [4.78, 5) is 24.8. The summed E-state index contributed by atoms with van der Waals surface area (Å²) >= 11 is 0. The smallest absolute Gasteiger partial charge is 0.310 e. The maximum Gasteiger partial charge on any atom is 0.310 e. The maximum absolute atomic E-state index is 12.8. The number of allylic oxidation sites excluding steroid dienone is 2. The largest absolute Gasteiger partial charge is 0.508 e. The number of ether oxygens (including phenoxy) is 2. The highest BCUT2D eigenvalue weighted by Gasteiger charge is 2.17. The second kappa shape index (κ2) is 12.1. The third-order valence-electron chi connectivity index (χ3n) is 4.57. The van der Waals surface area contributed by atoms with Crippen LogP contribution in [-0.2, 0) is 20.9 Å². The fourth-order valence-corrected chi connectivity index (χ4v) is 2.84. The summed E-state index contributed by atoms with van der Waals surface area (Å²) in [5, 5.41) is 39.1. The Morgan fingerprint density at radius 2 is 1.61 bits per heavy atom. The molecule has 2 aromatic carbocycles. The van der Waals surface area contributed by atoms with Crippen molar-refractivity contribution < 1.29 is 39.5 Å². The van der Waals surface area contributed by atoms with Crippen molar-refractivity contribution >= 4 is 23.9 Å². The van der Waals surface area contributed by atoms with Gasteiger partial charge in [0, 0.05) is 5.56 Å². The Labute approximate surface area is 191 Å². The molecule has 4 N–H and O–H groups in total. The molecule has 0 spiro atoms. The van der Waals surface area contributed by atoms with Gasteiger partial charge >= 0.3 is 5.97 Å². The number of phenols is 2. The molecule has 0 heterocycles. The molecule has 0 unspecified atom stereocenters. The number of hydrogen-bond donors (Lipinski definition) is 4. The van der Waals surface area contributed by atoms with Gasteiger partial charge < -0.3 is 29.9 Å². The number of aliphatic hydroxyl groups is 2. The van der Waals surface area contributed by atoms with E-state index >= 15 is 0 Å². The summed E-state index contributed by atoms with van der Waals surface area (Å²) in [6.45, 7) is 1.39. The highest BCUT2D eigenvalue weighted by Crippen LogP contribution is 2.27. The Hall–Kier alpha value is -4.04. The highest BCUT2D eigenvalue weighted by molar-refractivity contribution is 6.09. The van der Waals surface area contributed by atoms with Gasteiger partial charge in [0.05, 0.1) is 32.3 Å². The van der Waals surface area contributed by atoms with Crippen molar-refractivity contribution in [3.8, 4) is 17.2 Å². The number of carbonyl (C=O) groups is 2. The fraction of sp³-hybridized carbons (Fsp3) is 0.200. The highest BCUT2D eigenvalue weighted by atomic mass is 16.5.